The third kappa shape index (κ3) is 3.22. The van der Waals surface area contributed by atoms with Crippen molar-refractivity contribution in [3.05, 3.63) is 64.7 Å². The van der Waals surface area contributed by atoms with Gasteiger partial charge in [0.15, 0.2) is 0 Å². The molecule has 2 aromatic carbocycles. The number of nitrogens with zero attached hydrogens (tertiary/aromatic N) is 2. The number of thiazole rings is 1. The second-order valence-corrected chi connectivity index (χ2v) is 7.54. The average Bonchev–Trinajstić information content (AvgIpc) is 2.82. The molecule has 4 heteroatoms. The van der Waals surface area contributed by atoms with E-state index in [-0.39, 0.29) is 6.04 Å². The fourth-order valence-electron chi connectivity index (χ4n) is 3.48. The lowest BCUT2D eigenvalue weighted by Gasteiger charge is -2.29. The molecule has 0 bridgehead atoms. The zero-order valence-electron chi connectivity index (χ0n) is 14.0. The molecule has 3 nitrogen and oxygen atoms in total. The Balaban J connectivity index is 1.79. The van der Waals surface area contributed by atoms with Crippen molar-refractivity contribution in [2.75, 3.05) is 26.2 Å². The maximum absolute atomic E-state index is 4.98. The summed E-state index contributed by atoms with van der Waals surface area (Å²) in [5.74, 6) is 0. The highest BCUT2D eigenvalue weighted by Gasteiger charge is 2.26. The van der Waals surface area contributed by atoms with Gasteiger partial charge in [-0.2, -0.15) is 0 Å². The second-order valence-electron chi connectivity index (χ2n) is 6.48. The van der Waals surface area contributed by atoms with Crippen LogP contribution in [-0.4, -0.2) is 36.1 Å². The summed E-state index contributed by atoms with van der Waals surface area (Å²) in [5, 5.41) is 4.73. The Kier molecular flexibility index (Phi) is 4.60. The third-order valence-electron chi connectivity index (χ3n) is 4.64. The predicted molar refractivity (Wildman–Crippen MR) is 102 cm³/mol. The van der Waals surface area contributed by atoms with E-state index in [0.717, 1.165) is 31.7 Å². The van der Waals surface area contributed by atoms with Gasteiger partial charge in [-0.3, -0.25) is 4.90 Å². The maximum atomic E-state index is 4.98. The van der Waals surface area contributed by atoms with E-state index in [9.17, 15) is 0 Å². The molecule has 0 amide bonds. The van der Waals surface area contributed by atoms with Crippen LogP contribution in [0, 0.1) is 6.92 Å². The Bertz CT molecular complexity index is 785. The Morgan fingerprint density at radius 2 is 2.00 bits per heavy atom. The highest BCUT2D eigenvalue weighted by molar-refractivity contribution is 7.18. The van der Waals surface area contributed by atoms with Gasteiger partial charge >= 0.3 is 0 Å². The summed E-state index contributed by atoms with van der Waals surface area (Å²) in [5.41, 5.74) is 3.78. The standard InChI is InChI=1S/C20H23N3S/c1-15-6-4-7-16(14-15)19(23-12-5-10-21-11-13-23)20-22-17-8-2-3-9-18(17)24-20/h2-4,6-9,14,19,21H,5,10-13H2,1H3. The highest BCUT2D eigenvalue weighted by Crippen LogP contribution is 2.34. The van der Waals surface area contributed by atoms with E-state index in [1.807, 2.05) is 11.3 Å². The molecule has 0 spiro atoms. The maximum Gasteiger partial charge on any atom is 0.116 e. The molecular weight excluding hydrogens is 314 g/mol. The van der Waals surface area contributed by atoms with Crippen molar-refractivity contribution in [2.45, 2.75) is 19.4 Å². The molecule has 1 fully saturated rings. The first-order chi connectivity index (χ1) is 11.8. The van der Waals surface area contributed by atoms with Gasteiger partial charge in [0.05, 0.1) is 16.3 Å². The van der Waals surface area contributed by atoms with Gasteiger partial charge in [0, 0.05) is 19.6 Å². The highest BCUT2D eigenvalue weighted by atomic mass is 32.1. The lowest BCUT2D eigenvalue weighted by Crippen LogP contribution is -2.33. The van der Waals surface area contributed by atoms with Crippen LogP contribution in [0.3, 0.4) is 0 Å². The first-order valence-corrected chi connectivity index (χ1v) is 9.50. The minimum atomic E-state index is 0.252. The molecule has 1 saturated heterocycles. The van der Waals surface area contributed by atoms with E-state index in [1.54, 1.807) is 0 Å². The van der Waals surface area contributed by atoms with Crippen molar-refractivity contribution < 1.29 is 0 Å². The number of rotatable bonds is 3. The molecule has 124 valence electrons. The normalized spacial score (nSPS) is 17.7. The van der Waals surface area contributed by atoms with E-state index in [1.165, 1.54) is 27.3 Å². The van der Waals surface area contributed by atoms with Gasteiger partial charge in [0.2, 0.25) is 0 Å². The van der Waals surface area contributed by atoms with E-state index in [2.05, 4.69) is 65.7 Å². The predicted octanol–water partition coefficient (Wildman–Crippen LogP) is 3.99. The third-order valence-corrected chi connectivity index (χ3v) is 5.73. The zero-order chi connectivity index (χ0) is 16.4. The molecule has 0 saturated carbocycles. The van der Waals surface area contributed by atoms with Gasteiger partial charge in [-0.1, -0.05) is 42.0 Å². The average molecular weight is 337 g/mol. The fraction of sp³-hybridized carbons (Fsp3) is 0.350. The summed E-state index contributed by atoms with van der Waals surface area (Å²) in [6.45, 7) is 6.50. The van der Waals surface area contributed by atoms with Gasteiger partial charge in [0.1, 0.15) is 5.01 Å². The monoisotopic (exact) mass is 337 g/mol. The number of aryl methyl sites for hydroxylation is 1. The second kappa shape index (κ2) is 7.01. The van der Waals surface area contributed by atoms with Crippen LogP contribution in [0.25, 0.3) is 10.2 Å². The summed E-state index contributed by atoms with van der Waals surface area (Å²) < 4.78 is 1.28. The molecule has 1 aromatic heterocycles. The van der Waals surface area contributed by atoms with Crippen LogP contribution in [0.15, 0.2) is 48.5 Å². The van der Waals surface area contributed by atoms with E-state index < -0.39 is 0 Å². The van der Waals surface area contributed by atoms with Crippen molar-refractivity contribution in [1.82, 2.24) is 15.2 Å². The summed E-state index contributed by atoms with van der Waals surface area (Å²) in [7, 11) is 0. The first-order valence-electron chi connectivity index (χ1n) is 8.68. The summed E-state index contributed by atoms with van der Waals surface area (Å²) >= 11 is 1.83. The van der Waals surface area contributed by atoms with Crippen LogP contribution >= 0.6 is 11.3 Å². The van der Waals surface area contributed by atoms with Crippen molar-refractivity contribution in [3.63, 3.8) is 0 Å². The number of hydrogen-bond acceptors (Lipinski definition) is 4. The van der Waals surface area contributed by atoms with E-state index >= 15 is 0 Å². The van der Waals surface area contributed by atoms with Gasteiger partial charge in [-0.05, 0) is 37.6 Å². The van der Waals surface area contributed by atoms with Crippen LogP contribution in [0.5, 0.6) is 0 Å². The van der Waals surface area contributed by atoms with Crippen molar-refractivity contribution in [1.29, 1.82) is 0 Å². The molecule has 1 aliphatic rings. The molecule has 3 aromatic rings. The topological polar surface area (TPSA) is 28.2 Å². The Hall–Kier alpha value is -1.75. The molecule has 1 atom stereocenters. The van der Waals surface area contributed by atoms with E-state index in [4.69, 9.17) is 4.98 Å². The van der Waals surface area contributed by atoms with E-state index in [0.29, 0.717) is 0 Å². The molecule has 2 heterocycles. The molecule has 1 aliphatic heterocycles. The Morgan fingerprint density at radius 1 is 1.08 bits per heavy atom. The molecule has 0 radical (unpaired) electrons. The van der Waals surface area contributed by atoms with Gasteiger partial charge in [-0.25, -0.2) is 4.98 Å². The number of fused-ring (bicyclic) bond motifs is 1. The SMILES string of the molecule is Cc1cccc(C(c2nc3ccccc3s2)N2CCCNCC2)c1. The molecule has 0 aliphatic carbocycles. The minimum absolute atomic E-state index is 0.252. The minimum Gasteiger partial charge on any atom is -0.315 e. The van der Waals surface area contributed by atoms with Gasteiger partial charge in [0.25, 0.3) is 0 Å². The number of benzene rings is 2. The lowest BCUT2D eigenvalue weighted by atomic mass is 10.0. The largest absolute Gasteiger partial charge is 0.315 e. The molecule has 1 N–H and O–H groups in total. The molecule has 1 unspecified atom stereocenters. The summed E-state index contributed by atoms with van der Waals surface area (Å²) in [4.78, 5) is 7.57. The molecular formula is C20H23N3S. The van der Waals surface area contributed by atoms with Crippen molar-refractivity contribution >= 4 is 21.6 Å². The quantitative estimate of drug-likeness (QED) is 0.783. The first kappa shape index (κ1) is 15.8. The zero-order valence-corrected chi connectivity index (χ0v) is 14.9. The number of aromatic nitrogens is 1. The van der Waals surface area contributed by atoms with Crippen LogP contribution in [0.1, 0.15) is 28.6 Å². The number of nitrogens with one attached hydrogen (secondary N) is 1. The number of hydrogen-bond donors (Lipinski definition) is 1. The smallest absolute Gasteiger partial charge is 0.116 e. The lowest BCUT2D eigenvalue weighted by molar-refractivity contribution is 0.241. The van der Waals surface area contributed by atoms with Crippen molar-refractivity contribution in [2.24, 2.45) is 0 Å². The van der Waals surface area contributed by atoms with Crippen LogP contribution in [0.4, 0.5) is 0 Å². The van der Waals surface area contributed by atoms with Crippen molar-refractivity contribution in [3.8, 4) is 0 Å². The van der Waals surface area contributed by atoms with Gasteiger partial charge < -0.3 is 5.32 Å². The Morgan fingerprint density at radius 3 is 2.88 bits per heavy atom. The van der Waals surface area contributed by atoms with Crippen LogP contribution < -0.4 is 5.32 Å². The summed E-state index contributed by atoms with van der Waals surface area (Å²) in [6.07, 6.45) is 1.19. The summed E-state index contributed by atoms with van der Waals surface area (Å²) in [6, 6.07) is 17.6. The fourth-order valence-corrected chi connectivity index (χ4v) is 4.61. The van der Waals surface area contributed by atoms with Gasteiger partial charge in [-0.15, -0.1) is 11.3 Å². The Labute approximate surface area is 147 Å². The molecule has 24 heavy (non-hydrogen) atoms. The number of para-hydroxylation sites is 1. The van der Waals surface area contributed by atoms with Crippen LogP contribution in [0.2, 0.25) is 0 Å². The van der Waals surface area contributed by atoms with Crippen LogP contribution in [-0.2, 0) is 0 Å². The molecule has 4 rings (SSSR count).